The Hall–Kier alpha value is -1.45. The van der Waals surface area contributed by atoms with Crippen LogP contribution in [0, 0.1) is 0 Å². The average Bonchev–Trinajstić information content (AvgIpc) is 2.05. The minimum Gasteiger partial charge on any atom is -0.343 e. The van der Waals surface area contributed by atoms with Crippen LogP contribution in [-0.2, 0) is 0 Å². The largest absolute Gasteiger partial charge is 0.343 e. The van der Waals surface area contributed by atoms with E-state index in [2.05, 4.69) is 9.97 Å². The van der Waals surface area contributed by atoms with Crippen molar-refractivity contribution in [2.24, 2.45) is 0 Å². The molecule has 0 N–H and O–H groups in total. The Labute approximate surface area is 64.9 Å². The minimum atomic E-state index is -0.104. The van der Waals surface area contributed by atoms with Crippen LogP contribution >= 0.6 is 0 Å². The van der Waals surface area contributed by atoms with Gasteiger partial charge in [0, 0.05) is 20.3 Å². The maximum atomic E-state index is 11.2. The van der Waals surface area contributed by atoms with E-state index in [-0.39, 0.29) is 5.91 Å². The molecule has 0 fully saturated rings. The van der Waals surface area contributed by atoms with Gasteiger partial charge in [-0.3, -0.25) is 4.79 Å². The monoisotopic (exact) mass is 151 g/mol. The number of rotatable bonds is 1. The molecule has 1 aromatic rings. The summed E-state index contributed by atoms with van der Waals surface area (Å²) in [7, 11) is 3.37. The van der Waals surface area contributed by atoms with Crippen LogP contribution in [-0.4, -0.2) is 34.9 Å². The third-order valence-electron chi connectivity index (χ3n) is 1.21. The van der Waals surface area contributed by atoms with E-state index in [4.69, 9.17) is 0 Å². The number of amides is 1. The second kappa shape index (κ2) is 3.09. The first-order valence-corrected chi connectivity index (χ1v) is 3.19. The quantitative estimate of drug-likeness (QED) is 0.575. The van der Waals surface area contributed by atoms with Crippen molar-refractivity contribution in [3.05, 3.63) is 24.3 Å². The highest BCUT2D eigenvalue weighted by Gasteiger charge is 2.06. The van der Waals surface area contributed by atoms with Gasteiger partial charge in [0.05, 0.1) is 0 Å². The molecule has 1 aromatic heterocycles. The number of hydrogen-bond donors (Lipinski definition) is 0. The van der Waals surface area contributed by atoms with Gasteiger partial charge in [-0.05, 0) is 6.07 Å². The molecule has 11 heavy (non-hydrogen) atoms. The fraction of sp³-hybridized carbons (Fsp3) is 0.286. The molecule has 0 aromatic carbocycles. The average molecular weight is 151 g/mol. The number of carbonyl (C=O) groups excluding carboxylic acids is 1. The number of hydrogen-bond acceptors (Lipinski definition) is 3. The van der Waals surface area contributed by atoms with Gasteiger partial charge in [-0.1, -0.05) is 0 Å². The van der Waals surface area contributed by atoms with E-state index in [9.17, 15) is 4.79 Å². The Morgan fingerprint density at radius 3 is 2.73 bits per heavy atom. The Bertz CT molecular complexity index is 245. The molecule has 0 bridgehead atoms. The van der Waals surface area contributed by atoms with E-state index in [1.807, 2.05) is 0 Å². The van der Waals surface area contributed by atoms with Crippen LogP contribution in [0.1, 0.15) is 10.5 Å². The van der Waals surface area contributed by atoms with E-state index < -0.39 is 0 Å². The van der Waals surface area contributed by atoms with Crippen LogP contribution in [0.15, 0.2) is 18.6 Å². The maximum Gasteiger partial charge on any atom is 0.272 e. The first-order valence-electron chi connectivity index (χ1n) is 3.19. The Morgan fingerprint density at radius 1 is 1.55 bits per heavy atom. The van der Waals surface area contributed by atoms with Crippen molar-refractivity contribution < 1.29 is 4.79 Å². The van der Waals surface area contributed by atoms with Crippen molar-refractivity contribution in [3.63, 3.8) is 0 Å². The topological polar surface area (TPSA) is 46.1 Å². The lowest BCUT2D eigenvalue weighted by molar-refractivity contribution is 0.0822. The second-order valence-corrected chi connectivity index (χ2v) is 2.29. The molecule has 1 heterocycles. The Kier molecular flexibility index (Phi) is 2.15. The third-order valence-corrected chi connectivity index (χ3v) is 1.21. The molecule has 0 aliphatic heterocycles. The van der Waals surface area contributed by atoms with Gasteiger partial charge in [0.15, 0.2) is 0 Å². The van der Waals surface area contributed by atoms with E-state index in [0.717, 1.165) is 0 Å². The van der Waals surface area contributed by atoms with Crippen LogP contribution in [0.25, 0.3) is 0 Å². The van der Waals surface area contributed by atoms with Crippen molar-refractivity contribution in [3.8, 4) is 0 Å². The fourth-order valence-corrected chi connectivity index (χ4v) is 0.646. The number of aromatic nitrogens is 2. The molecule has 4 nitrogen and oxygen atoms in total. The lowest BCUT2D eigenvalue weighted by atomic mass is 10.4. The van der Waals surface area contributed by atoms with Gasteiger partial charge in [-0.15, -0.1) is 0 Å². The standard InChI is InChI=1S/C7H9N3O/c1-10(2)7(11)6-3-4-8-5-9-6/h3-5H,1-2H3. The zero-order chi connectivity index (χ0) is 8.27. The normalized spacial score (nSPS) is 9.27. The van der Waals surface area contributed by atoms with Crippen LogP contribution < -0.4 is 0 Å². The minimum absolute atomic E-state index is 0.104. The first-order chi connectivity index (χ1) is 5.22. The van der Waals surface area contributed by atoms with Crippen molar-refractivity contribution in [2.75, 3.05) is 14.1 Å². The second-order valence-electron chi connectivity index (χ2n) is 2.29. The van der Waals surface area contributed by atoms with E-state index in [1.165, 1.54) is 11.2 Å². The van der Waals surface area contributed by atoms with Gasteiger partial charge in [0.2, 0.25) is 0 Å². The van der Waals surface area contributed by atoms with Crippen molar-refractivity contribution in [1.82, 2.24) is 14.9 Å². The maximum absolute atomic E-state index is 11.2. The molecule has 0 spiro atoms. The summed E-state index contributed by atoms with van der Waals surface area (Å²) in [6.07, 6.45) is 2.90. The molecule has 1 rings (SSSR count). The summed E-state index contributed by atoms with van der Waals surface area (Å²) in [6.45, 7) is 0. The number of nitrogens with zero attached hydrogens (tertiary/aromatic N) is 3. The van der Waals surface area contributed by atoms with Gasteiger partial charge >= 0.3 is 0 Å². The van der Waals surface area contributed by atoms with E-state index in [1.54, 1.807) is 26.4 Å². The smallest absolute Gasteiger partial charge is 0.272 e. The molecule has 58 valence electrons. The highest BCUT2D eigenvalue weighted by Crippen LogP contribution is 1.94. The van der Waals surface area contributed by atoms with Crippen molar-refractivity contribution in [1.29, 1.82) is 0 Å². The van der Waals surface area contributed by atoms with Crippen molar-refractivity contribution >= 4 is 5.91 Å². The van der Waals surface area contributed by atoms with Crippen LogP contribution in [0.2, 0.25) is 0 Å². The highest BCUT2D eigenvalue weighted by molar-refractivity contribution is 5.91. The lowest BCUT2D eigenvalue weighted by Gasteiger charge is -2.07. The molecular weight excluding hydrogens is 142 g/mol. The highest BCUT2D eigenvalue weighted by atomic mass is 16.2. The fourth-order valence-electron chi connectivity index (χ4n) is 0.646. The summed E-state index contributed by atoms with van der Waals surface area (Å²) >= 11 is 0. The summed E-state index contributed by atoms with van der Waals surface area (Å²) in [6, 6.07) is 1.59. The Balaban J connectivity index is 2.86. The summed E-state index contributed by atoms with van der Waals surface area (Å²) in [5.74, 6) is -0.104. The van der Waals surface area contributed by atoms with Gasteiger partial charge in [0.1, 0.15) is 12.0 Å². The van der Waals surface area contributed by atoms with Gasteiger partial charge < -0.3 is 4.90 Å². The SMILES string of the molecule is CN(C)C(=O)c1ccncn1. The molecule has 0 radical (unpaired) electrons. The summed E-state index contributed by atoms with van der Waals surface area (Å²) in [5.41, 5.74) is 0.421. The molecule has 0 saturated carbocycles. The molecule has 0 atom stereocenters. The van der Waals surface area contributed by atoms with Gasteiger partial charge in [-0.25, -0.2) is 9.97 Å². The van der Waals surface area contributed by atoms with E-state index in [0.29, 0.717) is 5.69 Å². The summed E-state index contributed by atoms with van der Waals surface area (Å²) in [4.78, 5) is 20.2. The molecule has 0 saturated heterocycles. The van der Waals surface area contributed by atoms with E-state index >= 15 is 0 Å². The Morgan fingerprint density at radius 2 is 2.27 bits per heavy atom. The zero-order valence-electron chi connectivity index (χ0n) is 6.48. The molecule has 4 heteroatoms. The zero-order valence-corrected chi connectivity index (χ0v) is 6.48. The van der Waals surface area contributed by atoms with Gasteiger partial charge in [0.25, 0.3) is 5.91 Å². The predicted octanol–water partition coefficient (Wildman–Crippen LogP) is 0.178. The molecule has 1 amide bonds. The summed E-state index contributed by atoms with van der Waals surface area (Å²) < 4.78 is 0. The molecule has 0 aliphatic rings. The first kappa shape index (κ1) is 7.65. The third kappa shape index (κ3) is 1.73. The van der Waals surface area contributed by atoms with Crippen molar-refractivity contribution in [2.45, 2.75) is 0 Å². The lowest BCUT2D eigenvalue weighted by Crippen LogP contribution is -2.22. The molecule has 0 unspecified atom stereocenters. The summed E-state index contributed by atoms with van der Waals surface area (Å²) in [5, 5.41) is 0. The van der Waals surface area contributed by atoms with Crippen LogP contribution in [0.5, 0.6) is 0 Å². The number of carbonyl (C=O) groups is 1. The predicted molar refractivity (Wildman–Crippen MR) is 40.0 cm³/mol. The van der Waals surface area contributed by atoms with Crippen LogP contribution in [0.4, 0.5) is 0 Å². The van der Waals surface area contributed by atoms with Crippen LogP contribution in [0.3, 0.4) is 0 Å². The molecule has 0 aliphatic carbocycles. The van der Waals surface area contributed by atoms with Gasteiger partial charge in [-0.2, -0.15) is 0 Å². The molecular formula is C7H9N3O.